The largest absolute Gasteiger partial charge is 0.372 e. The van der Waals surface area contributed by atoms with Gasteiger partial charge in [0, 0.05) is 0 Å². The van der Waals surface area contributed by atoms with Gasteiger partial charge in [0.05, 0.1) is 24.7 Å². The Bertz CT molecular complexity index is 395. The molecule has 0 N–H and O–H groups in total. The van der Waals surface area contributed by atoms with Crippen molar-refractivity contribution >= 4 is 0 Å². The summed E-state index contributed by atoms with van der Waals surface area (Å²) in [5, 5.41) is 9.19. The first-order valence-electron chi connectivity index (χ1n) is 6.88. The van der Waals surface area contributed by atoms with Crippen LogP contribution in [0.25, 0.3) is 0 Å². The topological polar surface area (TPSA) is 33.0 Å². The highest BCUT2D eigenvalue weighted by molar-refractivity contribution is 5.13. The number of nitriles is 1. The molecule has 1 saturated carbocycles. The lowest BCUT2D eigenvalue weighted by Crippen LogP contribution is -2.30. The van der Waals surface area contributed by atoms with Crippen LogP contribution in [0.3, 0.4) is 0 Å². The number of nitrogens with zero attached hydrogens (tertiary/aromatic N) is 1. The molecule has 0 aliphatic heterocycles. The molecule has 2 heteroatoms. The third kappa shape index (κ3) is 3.34. The summed E-state index contributed by atoms with van der Waals surface area (Å²) in [7, 11) is 0. The molecule has 0 amide bonds. The van der Waals surface area contributed by atoms with Crippen LogP contribution >= 0.6 is 0 Å². The van der Waals surface area contributed by atoms with Gasteiger partial charge in [-0.05, 0) is 30.7 Å². The van der Waals surface area contributed by atoms with E-state index in [2.05, 4.69) is 25.1 Å². The standard InChI is InChI=1S/C16H21NO/c1-2-13-8-9-15(11-17)16(10-13)18-12-14-6-4-3-5-7-14/h3-7,13,15-16H,2,8-10,12H2,1H3. The lowest BCUT2D eigenvalue weighted by Gasteiger charge is -2.32. The summed E-state index contributed by atoms with van der Waals surface area (Å²) in [5.41, 5.74) is 1.19. The quantitative estimate of drug-likeness (QED) is 0.803. The predicted molar refractivity (Wildman–Crippen MR) is 71.8 cm³/mol. The van der Waals surface area contributed by atoms with E-state index in [0.29, 0.717) is 6.61 Å². The van der Waals surface area contributed by atoms with E-state index >= 15 is 0 Å². The second-order valence-electron chi connectivity index (χ2n) is 5.16. The fraction of sp³-hybridized carbons (Fsp3) is 0.562. The van der Waals surface area contributed by atoms with Crippen LogP contribution < -0.4 is 0 Å². The van der Waals surface area contributed by atoms with Gasteiger partial charge in [0.25, 0.3) is 0 Å². The molecule has 1 aliphatic carbocycles. The first-order chi connectivity index (χ1) is 8.83. The average molecular weight is 243 g/mol. The summed E-state index contributed by atoms with van der Waals surface area (Å²) in [5.74, 6) is 0.812. The van der Waals surface area contributed by atoms with E-state index in [0.717, 1.165) is 18.8 Å². The first kappa shape index (κ1) is 13.1. The molecule has 96 valence electrons. The molecule has 3 atom stereocenters. The van der Waals surface area contributed by atoms with Gasteiger partial charge in [0.2, 0.25) is 0 Å². The molecule has 1 aromatic carbocycles. The normalized spacial score (nSPS) is 27.7. The Hall–Kier alpha value is -1.33. The molecule has 1 aliphatic rings. The monoisotopic (exact) mass is 243 g/mol. The van der Waals surface area contributed by atoms with Crippen molar-refractivity contribution in [1.82, 2.24) is 0 Å². The summed E-state index contributed by atoms with van der Waals surface area (Å²) in [4.78, 5) is 0. The minimum absolute atomic E-state index is 0.0801. The minimum atomic E-state index is 0.0801. The zero-order valence-electron chi connectivity index (χ0n) is 11.0. The molecule has 0 heterocycles. The molecule has 0 aromatic heterocycles. The maximum Gasteiger partial charge on any atom is 0.0740 e. The molecular formula is C16H21NO. The van der Waals surface area contributed by atoms with E-state index in [-0.39, 0.29) is 12.0 Å². The lowest BCUT2D eigenvalue weighted by atomic mass is 9.79. The van der Waals surface area contributed by atoms with Gasteiger partial charge >= 0.3 is 0 Å². The molecule has 18 heavy (non-hydrogen) atoms. The highest BCUT2D eigenvalue weighted by atomic mass is 16.5. The van der Waals surface area contributed by atoms with Crippen LogP contribution in [0, 0.1) is 23.2 Å². The summed E-state index contributed by atoms with van der Waals surface area (Å²) >= 11 is 0. The van der Waals surface area contributed by atoms with Gasteiger partial charge < -0.3 is 4.74 Å². The first-order valence-corrected chi connectivity index (χ1v) is 6.88. The van der Waals surface area contributed by atoms with Crippen molar-refractivity contribution in [3.05, 3.63) is 35.9 Å². The van der Waals surface area contributed by atoms with Gasteiger partial charge in [-0.25, -0.2) is 0 Å². The van der Waals surface area contributed by atoms with Crippen molar-refractivity contribution in [2.45, 2.75) is 45.3 Å². The summed E-state index contributed by atoms with van der Waals surface area (Å²) in [6.07, 6.45) is 4.54. The summed E-state index contributed by atoms with van der Waals surface area (Å²) in [6.45, 7) is 2.85. The zero-order valence-corrected chi connectivity index (χ0v) is 11.0. The van der Waals surface area contributed by atoms with E-state index in [4.69, 9.17) is 4.74 Å². The number of benzene rings is 1. The van der Waals surface area contributed by atoms with Gasteiger partial charge in [-0.15, -0.1) is 0 Å². The minimum Gasteiger partial charge on any atom is -0.372 e. The average Bonchev–Trinajstić information content (AvgIpc) is 2.45. The third-order valence-corrected chi connectivity index (χ3v) is 3.95. The highest BCUT2D eigenvalue weighted by Gasteiger charge is 2.30. The molecule has 2 rings (SSSR count). The third-order valence-electron chi connectivity index (χ3n) is 3.95. The van der Waals surface area contributed by atoms with Gasteiger partial charge in [-0.3, -0.25) is 0 Å². The van der Waals surface area contributed by atoms with Crippen molar-refractivity contribution in [3.63, 3.8) is 0 Å². The number of rotatable bonds is 4. The Kier molecular flexibility index (Phi) is 4.78. The van der Waals surface area contributed by atoms with Gasteiger partial charge in [-0.1, -0.05) is 43.7 Å². The number of hydrogen-bond acceptors (Lipinski definition) is 2. The molecule has 3 unspecified atom stereocenters. The number of hydrogen-bond donors (Lipinski definition) is 0. The van der Waals surface area contributed by atoms with Crippen molar-refractivity contribution in [3.8, 4) is 6.07 Å². The molecule has 0 radical (unpaired) electrons. The zero-order chi connectivity index (χ0) is 12.8. The second kappa shape index (κ2) is 6.56. The molecule has 1 aromatic rings. The Balaban J connectivity index is 1.91. The summed E-state index contributed by atoms with van der Waals surface area (Å²) in [6, 6.07) is 12.6. The Labute approximate surface area is 110 Å². The van der Waals surface area contributed by atoms with Crippen LogP contribution in [0.4, 0.5) is 0 Å². The smallest absolute Gasteiger partial charge is 0.0740 e. The van der Waals surface area contributed by atoms with Crippen LogP contribution in [0.1, 0.15) is 38.2 Å². The Morgan fingerprint density at radius 3 is 2.72 bits per heavy atom. The fourth-order valence-electron chi connectivity index (χ4n) is 2.69. The Morgan fingerprint density at radius 1 is 1.28 bits per heavy atom. The molecule has 0 spiro atoms. The van der Waals surface area contributed by atoms with E-state index in [9.17, 15) is 5.26 Å². The van der Waals surface area contributed by atoms with E-state index in [1.165, 1.54) is 18.4 Å². The van der Waals surface area contributed by atoms with Crippen LogP contribution in [0.2, 0.25) is 0 Å². The van der Waals surface area contributed by atoms with Crippen LogP contribution in [-0.2, 0) is 11.3 Å². The van der Waals surface area contributed by atoms with E-state index in [1.54, 1.807) is 0 Å². The van der Waals surface area contributed by atoms with Crippen LogP contribution in [0.15, 0.2) is 30.3 Å². The Morgan fingerprint density at radius 2 is 2.06 bits per heavy atom. The molecule has 0 bridgehead atoms. The fourth-order valence-corrected chi connectivity index (χ4v) is 2.69. The van der Waals surface area contributed by atoms with E-state index < -0.39 is 0 Å². The molecule has 2 nitrogen and oxygen atoms in total. The van der Waals surface area contributed by atoms with Crippen molar-refractivity contribution in [2.75, 3.05) is 0 Å². The number of ether oxygens (including phenoxy) is 1. The second-order valence-corrected chi connectivity index (χ2v) is 5.16. The van der Waals surface area contributed by atoms with Gasteiger partial charge in [-0.2, -0.15) is 5.26 Å². The van der Waals surface area contributed by atoms with Crippen molar-refractivity contribution in [2.24, 2.45) is 11.8 Å². The van der Waals surface area contributed by atoms with Crippen LogP contribution in [-0.4, -0.2) is 6.10 Å². The molecular weight excluding hydrogens is 222 g/mol. The van der Waals surface area contributed by atoms with E-state index in [1.807, 2.05) is 18.2 Å². The highest BCUT2D eigenvalue weighted by Crippen LogP contribution is 2.32. The lowest BCUT2D eigenvalue weighted by molar-refractivity contribution is -0.0201. The van der Waals surface area contributed by atoms with Crippen molar-refractivity contribution < 1.29 is 4.74 Å². The van der Waals surface area contributed by atoms with Gasteiger partial charge in [0.15, 0.2) is 0 Å². The molecule has 0 saturated heterocycles. The van der Waals surface area contributed by atoms with Gasteiger partial charge in [0.1, 0.15) is 0 Å². The van der Waals surface area contributed by atoms with Crippen molar-refractivity contribution in [1.29, 1.82) is 5.26 Å². The maximum atomic E-state index is 9.19. The predicted octanol–water partition coefficient (Wildman–Crippen LogP) is 3.92. The SMILES string of the molecule is CCC1CCC(C#N)C(OCc2ccccc2)C1. The summed E-state index contributed by atoms with van der Waals surface area (Å²) < 4.78 is 5.98. The van der Waals surface area contributed by atoms with Crippen LogP contribution in [0.5, 0.6) is 0 Å². The maximum absolute atomic E-state index is 9.19. The molecule has 1 fully saturated rings.